The van der Waals surface area contributed by atoms with E-state index in [1.54, 1.807) is 0 Å². The van der Waals surface area contributed by atoms with Gasteiger partial charge in [0.1, 0.15) is 29.9 Å². The summed E-state index contributed by atoms with van der Waals surface area (Å²) in [5.74, 6) is -1.15. The number of aryl methyl sites for hydroxylation is 1. The first-order chi connectivity index (χ1) is 20.4. The number of phenolic OH excluding ortho intramolecular Hbond substituents is 1. The molecule has 2 aromatic carbocycles. The third kappa shape index (κ3) is 4.95. The van der Waals surface area contributed by atoms with Crippen molar-refractivity contribution in [3.8, 4) is 22.9 Å². The van der Waals surface area contributed by atoms with E-state index < -0.39 is 46.1 Å². The molecular weight excluding hydrogens is 593 g/mol. The maximum Gasteiger partial charge on any atom is 0.417 e. The van der Waals surface area contributed by atoms with E-state index in [4.69, 9.17) is 16.3 Å². The summed E-state index contributed by atoms with van der Waals surface area (Å²) in [4.78, 5) is 13.2. The van der Waals surface area contributed by atoms with E-state index in [0.717, 1.165) is 44.4 Å². The van der Waals surface area contributed by atoms with Crippen LogP contribution in [0.25, 0.3) is 22.0 Å². The first-order valence-electron chi connectivity index (χ1n) is 14.6. The molecule has 5 heterocycles. The summed E-state index contributed by atoms with van der Waals surface area (Å²) in [6.07, 6.45) is -1.88. The fourth-order valence-electron chi connectivity index (χ4n) is 7.67. The average Bonchev–Trinajstić information content (AvgIpc) is 3.56. The Hall–Kier alpha value is -2.96. The van der Waals surface area contributed by atoms with Crippen LogP contribution in [0.1, 0.15) is 43.2 Å². The van der Waals surface area contributed by atoms with Crippen molar-refractivity contribution >= 4 is 28.3 Å². The number of rotatable bonds is 5. The molecule has 0 aliphatic carbocycles. The number of piperazine rings is 1. The summed E-state index contributed by atoms with van der Waals surface area (Å²) in [5, 5.41) is 13.7. The summed E-state index contributed by atoms with van der Waals surface area (Å²) in [6.45, 7) is 3.58. The number of fused-ring (bicyclic) bond motifs is 4. The highest BCUT2D eigenvalue weighted by atomic mass is 35.5. The number of aromatic nitrogens is 2. The fraction of sp³-hybridized carbons (Fsp3) is 0.533. The lowest BCUT2D eigenvalue weighted by molar-refractivity contribution is -0.137. The lowest BCUT2D eigenvalue weighted by Crippen LogP contribution is -2.51. The smallest absolute Gasteiger partial charge is 0.417 e. The van der Waals surface area contributed by atoms with Gasteiger partial charge in [0, 0.05) is 54.7 Å². The zero-order valence-electron chi connectivity index (χ0n) is 23.4. The van der Waals surface area contributed by atoms with Crippen molar-refractivity contribution < 1.29 is 31.8 Å². The Morgan fingerprint density at radius 1 is 1.14 bits per heavy atom. The van der Waals surface area contributed by atoms with Crippen LogP contribution in [0.3, 0.4) is 0 Å². The molecule has 4 fully saturated rings. The first-order valence-corrected chi connectivity index (χ1v) is 14.9. The van der Waals surface area contributed by atoms with Crippen LogP contribution in [0.2, 0.25) is 5.02 Å². The van der Waals surface area contributed by atoms with Crippen LogP contribution in [0.15, 0.2) is 18.2 Å². The van der Waals surface area contributed by atoms with Crippen molar-refractivity contribution in [1.29, 1.82) is 0 Å². The Bertz CT molecular complexity index is 1590. The summed E-state index contributed by atoms with van der Waals surface area (Å²) in [7, 11) is 0. The highest BCUT2D eigenvalue weighted by molar-refractivity contribution is 6.34. The molecule has 4 saturated heterocycles. The summed E-state index contributed by atoms with van der Waals surface area (Å²) in [6, 6.07) is 3.51. The van der Waals surface area contributed by atoms with Crippen molar-refractivity contribution in [2.45, 2.75) is 69.0 Å². The highest BCUT2D eigenvalue weighted by Crippen LogP contribution is 2.47. The molecule has 2 N–H and O–H groups in total. The summed E-state index contributed by atoms with van der Waals surface area (Å²) < 4.78 is 79.7. The molecule has 230 valence electrons. The zero-order chi connectivity index (χ0) is 30.3. The number of phenols is 1. The minimum absolute atomic E-state index is 0.108. The second-order valence-corrected chi connectivity index (χ2v) is 12.8. The summed E-state index contributed by atoms with van der Waals surface area (Å²) >= 11 is 6.56. The normalized spacial score (nSPS) is 27.3. The number of hydrogen-bond donors (Lipinski definition) is 2. The van der Waals surface area contributed by atoms with Crippen LogP contribution in [-0.4, -0.2) is 76.6 Å². The minimum atomic E-state index is -4.84. The zero-order valence-corrected chi connectivity index (χ0v) is 24.2. The predicted molar refractivity (Wildman–Crippen MR) is 152 cm³/mol. The van der Waals surface area contributed by atoms with Gasteiger partial charge in [-0.15, -0.1) is 0 Å². The Morgan fingerprint density at radius 3 is 2.60 bits per heavy atom. The lowest BCUT2D eigenvalue weighted by Gasteiger charge is -2.34. The molecule has 2 unspecified atom stereocenters. The Kier molecular flexibility index (Phi) is 6.90. The van der Waals surface area contributed by atoms with Gasteiger partial charge < -0.3 is 20.1 Å². The maximum absolute atomic E-state index is 16.6. The van der Waals surface area contributed by atoms with Gasteiger partial charge in [-0.3, -0.25) is 4.90 Å². The number of anilines is 1. The molecule has 7 rings (SSSR count). The molecule has 4 atom stereocenters. The Morgan fingerprint density at radius 2 is 1.88 bits per heavy atom. The van der Waals surface area contributed by atoms with E-state index in [9.17, 15) is 22.7 Å². The molecule has 0 radical (unpaired) electrons. The number of aromatic hydroxyl groups is 1. The molecule has 7 nitrogen and oxygen atoms in total. The van der Waals surface area contributed by atoms with Crippen LogP contribution in [0.4, 0.5) is 27.8 Å². The van der Waals surface area contributed by atoms with Gasteiger partial charge >= 0.3 is 12.2 Å². The van der Waals surface area contributed by atoms with Gasteiger partial charge in [-0.1, -0.05) is 11.6 Å². The molecule has 1 aromatic heterocycles. The second-order valence-electron chi connectivity index (χ2n) is 12.4. The summed E-state index contributed by atoms with van der Waals surface area (Å²) in [5.41, 5.74) is -3.22. The van der Waals surface area contributed by atoms with E-state index in [2.05, 4.69) is 20.2 Å². The molecule has 4 aliphatic rings. The van der Waals surface area contributed by atoms with Gasteiger partial charge in [0.25, 0.3) is 0 Å². The second kappa shape index (κ2) is 10.3. The number of alkyl halides is 4. The van der Waals surface area contributed by atoms with Crippen LogP contribution in [0, 0.1) is 12.7 Å². The van der Waals surface area contributed by atoms with Crippen molar-refractivity contribution in [3.63, 3.8) is 0 Å². The molecule has 2 bridgehead atoms. The van der Waals surface area contributed by atoms with Crippen LogP contribution in [-0.2, 0) is 6.18 Å². The van der Waals surface area contributed by atoms with E-state index >= 15 is 4.39 Å². The van der Waals surface area contributed by atoms with E-state index in [-0.39, 0.29) is 46.2 Å². The van der Waals surface area contributed by atoms with Gasteiger partial charge in [0.2, 0.25) is 0 Å². The molecule has 43 heavy (non-hydrogen) atoms. The van der Waals surface area contributed by atoms with Crippen LogP contribution < -0.4 is 15.0 Å². The van der Waals surface area contributed by atoms with Crippen molar-refractivity contribution in [2.24, 2.45) is 0 Å². The van der Waals surface area contributed by atoms with Crippen LogP contribution >= 0.6 is 11.6 Å². The molecular formula is C30H31ClF5N5O2. The van der Waals surface area contributed by atoms with E-state index in [1.807, 2.05) is 4.90 Å². The quantitative estimate of drug-likeness (QED) is 0.337. The number of nitrogens with one attached hydrogen (secondary N) is 1. The molecule has 13 heteroatoms. The highest BCUT2D eigenvalue weighted by Gasteiger charge is 2.49. The van der Waals surface area contributed by atoms with Gasteiger partial charge in [-0.05, 0) is 62.9 Å². The molecule has 0 saturated carbocycles. The number of benzene rings is 2. The van der Waals surface area contributed by atoms with E-state index in [0.29, 0.717) is 31.9 Å². The van der Waals surface area contributed by atoms with E-state index in [1.165, 1.54) is 13.0 Å². The Labute approximate surface area is 250 Å². The number of hydrogen-bond acceptors (Lipinski definition) is 7. The van der Waals surface area contributed by atoms with Crippen LogP contribution in [0.5, 0.6) is 11.8 Å². The van der Waals surface area contributed by atoms with Crippen molar-refractivity contribution in [1.82, 2.24) is 20.2 Å². The Balaban J connectivity index is 1.38. The van der Waals surface area contributed by atoms with Gasteiger partial charge in [-0.2, -0.15) is 23.1 Å². The molecule has 3 aromatic rings. The predicted octanol–water partition coefficient (Wildman–Crippen LogP) is 6.02. The maximum atomic E-state index is 16.6. The monoisotopic (exact) mass is 623 g/mol. The molecule has 4 aliphatic heterocycles. The van der Waals surface area contributed by atoms with Crippen molar-refractivity contribution in [2.75, 3.05) is 37.7 Å². The third-order valence-corrected chi connectivity index (χ3v) is 9.76. The third-order valence-electron chi connectivity index (χ3n) is 9.46. The van der Waals surface area contributed by atoms with Crippen molar-refractivity contribution in [3.05, 3.63) is 40.2 Å². The number of nitrogens with zero attached hydrogens (tertiary/aromatic N) is 4. The fourth-order valence-corrected chi connectivity index (χ4v) is 7.97. The van der Waals surface area contributed by atoms with Gasteiger partial charge in [0.05, 0.1) is 16.1 Å². The first kappa shape index (κ1) is 28.8. The number of halogens is 6. The largest absolute Gasteiger partial charge is 0.508 e. The lowest BCUT2D eigenvalue weighted by atomic mass is 9.93. The molecule has 0 amide bonds. The minimum Gasteiger partial charge on any atom is -0.508 e. The average molecular weight is 624 g/mol. The van der Waals surface area contributed by atoms with Gasteiger partial charge in [-0.25, -0.2) is 8.78 Å². The van der Waals surface area contributed by atoms with Gasteiger partial charge in [0.15, 0.2) is 5.82 Å². The topological polar surface area (TPSA) is 73.8 Å². The SMILES string of the molecule is Cc1cc(O)cc(-c2c(Cl)cc3c(N4CC5CCC(C4)N5)nc(OC[C@@]45CCCN4C[C@H](F)C5)nc3c2F)c1C(F)(F)F. The standard InChI is InChI=1S/C30H31ClF5N5O2/c1-15-7-19(42)8-20(24(15)30(34,35)36)23-22(31)9-21-26(25(23)33)38-28(39-27(21)40-12-17-3-4-18(13-40)37-17)43-14-29-5-2-6-41(29)11-16(32)10-29/h7-9,16-18,37,42H,2-6,10-14H2,1H3/t16-,17?,18?,29+/m1/s1. The number of ether oxygens (including phenoxy) is 1. The molecule has 0 spiro atoms.